The summed E-state index contributed by atoms with van der Waals surface area (Å²) in [5.74, 6) is 2.08. The molecule has 1 saturated heterocycles. The number of likely N-dealkylation sites (N-methyl/N-ethyl adjacent to an activating group) is 1. The second kappa shape index (κ2) is 5.86. The Morgan fingerprint density at radius 2 is 2.00 bits per heavy atom. The molecule has 0 atom stereocenters. The van der Waals surface area contributed by atoms with Crippen LogP contribution in [-0.2, 0) is 0 Å². The van der Waals surface area contributed by atoms with Crippen molar-refractivity contribution >= 4 is 17.6 Å². The molecule has 3 N–H and O–H groups in total. The molecule has 1 aromatic heterocycles. The lowest BCUT2D eigenvalue weighted by Gasteiger charge is -2.33. The number of hydrogen-bond donors (Lipinski definition) is 2. The molecule has 0 radical (unpaired) electrons. The normalized spacial score (nSPS) is 16.9. The molecule has 0 unspecified atom stereocenters. The zero-order chi connectivity index (χ0) is 13.0. The first-order valence-corrected chi connectivity index (χ1v) is 6.51. The maximum absolute atomic E-state index is 5.77. The molecule has 0 saturated carbocycles. The van der Waals surface area contributed by atoms with E-state index in [2.05, 4.69) is 39.1 Å². The van der Waals surface area contributed by atoms with Crippen molar-refractivity contribution in [3.8, 4) is 0 Å². The minimum Gasteiger partial charge on any atom is -0.370 e. The van der Waals surface area contributed by atoms with Crippen LogP contribution in [0.15, 0.2) is 6.07 Å². The standard InChI is InChI=1S/C12H22N6/c1-3-4-14-10-9-11(16-12(13)15-10)18-7-5-17(2)6-8-18/h9H,3-8H2,1-2H3,(H3,13,14,15,16). The Bertz CT molecular complexity index is 386. The van der Waals surface area contributed by atoms with Gasteiger partial charge < -0.3 is 20.9 Å². The third-order valence-corrected chi connectivity index (χ3v) is 3.11. The molecule has 1 aliphatic rings. The van der Waals surface area contributed by atoms with Gasteiger partial charge in [-0.25, -0.2) is 0 Å². The average molecular weight is 250 g/mol. The van der Waals surface area contributed by atoms with Gasteiger partial charge in [0, 0.05) is 38.8 Å². The number of nitrogens with two attached hydrogens (primary N) is 1. The van der Waals surface area contributed by atoms with Crippen LogP contribution < -0.4 is 16.0 Å². The molecule has 1 fully saturated rings. The molecule has 0 aliphatic carbocycles. The van der Waals surface area contributed by atoms with Crippen LogP contribution in [0.5, 0.6) is 0 Å². The first-order valence-electron chi connectivity index (χ1n) is 6.51. The SMILES string of the molecule is CCCNc1cc(N2CCN(C)CC2)nc(N)n1. The summed E-state index contributed by atoms with van der Waals surface area (Å²) in [7, 11) is 2.14. The third-order valence-electron chi connectivity index (χ3n) is 3.11. The molecule has 0 amide bonds. The number of nitrogen functional groups attached to an aromatic ring is 1. The van der Waals surface area contributed by atoms with E-state index in [1.807, 2.05) is 6.07 Å². The second-order valence-corrected chi connectivity index (χ2v) is 4.69. The Hall–Kier alpha value is -1.56. The zero-order valence-electron chi connectivity index (χ0n) is 11.2. The molecule has 2 rings (SSSR count). The van der Waals surface area contributed by atoms with E-state index < -0.39 is 0 Å². The van der Waals surface area contributed by atoms with E-state index in [9.17, 15) is 0 Å². The maximum atomic E-state index is 5.77. The van der Waals surface area contributed by atoms with Gasteiger partial charge in [0.05, 0.1) is 0 Å². The van der Waals surface area contributed by atoms with Crippen molar-refractivity contribution in [1.29, 1.82) is 0 Å². The van der Waals surface area contributed by atoms with Gasteiger partial charge in [0.15, 0.2) is 0 Å². The van der Waals surface area contributed by atoms with Crippen LogP contribution in [0.4, 0.5) is 17.6 Å². The fourth-order valence-corrected chi connectivity index (χ4v) is 1.99. The van der Waals surface area contributed by atoms with Crippen LogP contribution in [0.1, 0.15) is 13.3 Å². The number of anilines is 3. The highest BCUT2D eigenvalue weighted by Gasteiger charge is 2.16. The molecule has 6 heteroatoms. The second-order valence-electron chi connectivity index (χ2n) is 4.69. The molecule has 1 aromatic rings. The summed E-state index contributed by atoms with van der Waals surface area (Å²) in [6.45, 7) is 7.11. The Morgan fingerprint density at radius 3 is 2.67 bits per heavy atom. The Kier molecular flexibility index (Phi) is 4.19. The van der Waals surface area contributed by atoms with Gasteiger partial charge in [0.25, 0.3) is 0 Å². The first kappa shape index (κ1) is 12.9. The van der Waals surface area contributed by atoms with Crippen LogP contribution in [0.25, 0.3) is 0 Å². The van der Waals surface area contributed by atoms with Crippen molar-refractivity contribution in [2.24, 2.45) is 0 Å². The molecule has 6 nitrogen and oxygen atoms in total. The van der Waals surface area contributed by atoms with Gasteiger partial charge >= 0.3 is 0 Å². The van der Waals surface area contributed by atoms with Gasteiger partial charge in [0.2, 0.25) is 5.95 Å². The van der Waals surface area contributed by atoms with E-state index in [4.69, 9.17) is 5.73 Å². The number of nitrogens with zero attached hydrogens (tertiary/aromatic N) is 4. The van der Waals surface area contributed by atoms with Crippen molar-refractivity contribution in [3.05, 3.63) is 6.07 Å². The number of aromatic nitrogens is 2. The summed E-state index contributed by atoms with van der Waals surface area (Å²) in [4.78, 5) is 13.1. The van der Waals surface area contributed by atoms with Crippen molar-refractivity contribution in [2.75, 3.05) is 55.7 Å². The lowest BCUT2D eigenvalue weighted by Crippen LogP contribution is -2.44. The minimum atomic E-state index is 0.338. The topological polar surface area (TPSA) is 70.3 Å². The number of nitrogens with one attached hydrogen (secondary N) is 1. The van der Waals surface area contributed by atoms with Gasteiger partial charge in [-0.2, -0.15) is 9.97 Å². The zero-order valence-corrected chi connectivity index (χ0v) is 11.2. The van der Waals surface area contributed by atoms with E-state index >= 15 is 0 Å². The third kappa shape index (κ3) is 3.22. The lowest BCUT2D eigenvalue weighted by molar-refractivity contribution is 0.312. The van der Waals surface area contributed by atoms with Gasteiger partial charge in [-0.1, -0.05) is 6.92 Å². The molecule has 0 spiro atoms. The van der Waals surface area contributed by atoms with Crippen molar-refractivity contribution in [2.45, 2.75) is 13.3 Å². The smallest absolute Gasteiger partial charge is 0.223 e. The van der Waals surface area contributed by atoms with E-state index in [1.165, 1.54) is 0 Å². The highest BCUT2D eigenvalue weighted by molar-refractivity contribution is 5.52. The Labute approximate surface area is 108 Å². The highest BCUT2D eigenvalue weighted by Crippen LogP contribution is 2.18. The van der Waals surface area contributed by atoms with Crippen LogP contribution in [-0.4, -0.2) is 54.6 Å². The van der Waals surface area contributed by atoms with Crippen LogP contribution in [0.3, 0.4) is 0 Å². The number of piperazine rings is 1. The minimum absolute atomic E-state index is 0.338. The fourth-order valence-electron chi connectivity index (χ4n) is 1.99. The fraction of sp³-hybridized carbons (Fsp3) is 0.667. The van der Waals surface area contributed by atoms with Gasteiger partial charge in [-0.3, -0.25) is 0 Å². The number of rotatable bonds is 4. The summed E-state index contributed by atoms with van der Waals surface area (Å²) in [5, 5.41) is 3.26. The molecule has 2 heterocycles. The molecule has 18 heavy (non-hydrogen) atoms. The molecular weight excluding hydrogens is 228 g/mol. The maximum Gasteiger partial charge on any atom is 0.223 e. The molecule has 0 bridgehead atoms. The molecular formula is C12H22N6. The average Bonchev–Trinajstić information content (AvgIpc) is 2.36. The van der Waals surface area contributed by atoms with Gasteiger partial charge in [-0.05, 0) is 13.5 Å². The van der Waals surface area contributed by atoms with Crippen molar-refractivity contribution in [1.82, 2.24) is 14.9 Å². The monoisotopic (exact) mass is 250 g/mol. The number of hydrogen-bond acceptors (Lipinski definition) is 6. The summed E-state index contributed by atoms with van der Waals surface area (Å²) in [6, 6.07) is 1.98. The van der Waals surface area contributed by atoms with E-state index in [0.717, 1.165) is 50.8 Å². The molecule has 100 valence electrons. The van der Waals surface area contributed by atoms with Gasteiger partial charge in [-0.15, -0.1) is 0 Å². The highest BCUT2D eigenvalue weighted by atomic mass is 15.3. The van der Waals surface area contributed by atoms with Crippen LogP contribution in [0.2, 0.25) is 0 Å². The molecule has 0 aromatic carbocycles. The Morgan fingerprint density at radius 1 is 1.28 bits per heavy atom. The van der Waals surface area contributed by atoms with Gasteiger partial charge in [0.1, 0.15) is 11.6 Å². The summed E-state index contributed by atoms with van der Waals surface area (Å²) < 4.78 is 0. The predicted molar refractivity (Wildman–Crippen MR) is 74.9 cm³/mol. The summed E-state index contributed by atoms with van der Waals surface area (Å²) in [5.41, 5.74) is 5.77. The quantitative estimate of drug-likeness (QED) is 0.817. The van der Waals surface area contributed by atoms with Crippen molar-refractivity contribution < 1.29 is 0 Å². The van der Waals surface area contributed by atoms with E-state index in [0.29, 0.717) is 5.95 Å². The lowest BCUT2D eigenvalue weighted by atomic mass is 10.3. The largest absolute Gasteiger partial charge is 0.370 e. The van der Waals surface area contributed by atoms with Crippen LogP contribution in [0, 0.1) is 0 Å². The predicted octanol–water partition coefficient (Wildman–Crippen LogP) is 0.633. The Balaban J connectivity index is 2.09. The van der Waals surface area contributed by atoms with E-state index in [-0.39, 0.29) is 0 Å². The molecule has 1 aliphatic heterocycles. The summed E-state index contributed by atoms with van der Waals surface area (Å²) >= 11 is 0. The first-order chi connectivity index (χ1) is 8.69. The van der Waals surface area contributed by atoms with Crippen molar-refractivity contribution in [3.63, 3.8) is 0 Å². The van der Waals surface area contributed by atoms with Crippen LogP contribution >= 0.6 is 0 Å². The summed E-state index contributed by atoms with van der Waals surface area (Å²) in [6.07, 6.45) is 1.06. The van der Waals surface area contributed by atoms with E-state index in [1.54, 1.807) is 0 Å².